The number of rotatable bonds is 24. The monoisotopic (exact) mass is 624 g/mol. The van der Waals surface area contributed by atoms with Crippen LogP contribution >= 0.6 is 0 Å². The third kappa shape index (κ3) is 22.5. The standard InChI is InChI=1S/C26H64O5Si6/c1-13-15-17-19-21-23-25-34(5,6)27-32(3)29-36(9,10)31-37(11,12)30-33(4)28-35(7,8)26-24-22-20-18-16-14-2/h13-26H2,1-12H3. The van der Waals surface area contributed by atoms with Crippen LogP contribution in [0.3, 0.4) is 0 Å². The van der Waals surface area contributed by atoms with Gasteiger partial charge < -0.3 is 20.6 Å². The van der Waals surface area contributed by atoms with Crippen molar-refractivity contribution < 1.29 is 20.6 Å². The minimum absolute atomic E-state index is 1.22. The second-order valence-corrected chi connectivity index (χ2v) is 32.5. The minimum atomic E-state index is -2.37. The molecule has 0 aromatic rings. The van der Waals surface area contributed by atoms with Gasteiger partial charge in [0.15, 0.2) is 16.6 Å². The van der Waals surface area contributed by atoms with Crippen molar-refractivity contribution in [3.8, 4) is 0 Å². The van der Waals surface area contributed by atoms with Crippen LogP contribution < -0.4 is 0 Å². The van der Waals surface area contributed by atoms with E-state index >= 15 is 0 Å². The van der Waals surface area contributed by atoms with Crippen molar-refractivity contribution in [3.05, 3.63) is 0 Å². The molecular formula is C26H64O5Si6. The van der Waals surface area contributed by atoms with Gasteiger partial charge in [0.1, 0.15) is 0 Å². The van der Waals surface area contributed by atoms with Crippen LogP contribution in [0.2, 0.25) is 77.6 Å². The SMILES string of the molecule is CCCCCCCC[Si](C)(C)O[Si](C)O[Si](C)(C)O[Si](C)(C)O[Si](C)O[Si](C)(C)CCCCCCCC. The average Bonchev–Trinajstić information content (AvgIpc) is 2.70. The van der Waals surface area contributed by atoms with Crippen LogP contribution in [0.1, 0.15) is 90.9 Å². The molecule has 0 aromatic heterocycles. The number of hydrogen-bond donors (Lipinski definition) is 0. The molecule has 0 unspecified atom stereocenters. The van der Waals surface area contributed by atoms with Crippen LogP contribution in [0.4, 0.5) is 0 Å². The van der Waals surface area contributed by atoms with Crippen molar-refractivity contribution in [2.24, 2.45) is 0 Å². The van der Waals surface area contributed by atoms with Gasteiger partial charge in [0.25, 0.3) is 0 Å². The third-order valence-corrected chi connectivity index (χ3v) is 26.4. The molecular weight excluding hydrogens is 561 g/mol. The Bertz CT molecular complexity index is 530. The van der Waals surface area contributed by atoms with E-state index in [2.05, 4.69) is 79.3 Å². The molecule has 0 bridgehead atoms. The van der Waals surface area contributed by atoms with Crippen LogP contribution in [0.15, 0.2) is 0 Å². The summed E-state index contributed by atoms with van der Waals surface area (Å²) in [4.78, 5) is 0. The highest BCUT2D eigenvalue weighted by molar-refractivity contribution is 6.86. The first kappa shape index (κ1) is 38.1. The minimum Gasteiger partial charge on any atom is -0.436 e. The molecule has 0 fully saturated rings. The molecule has 0 heterocycles. The normalized spacial score (nSPS) is 13.8. The van der Waals surface area contributed by atoms with Gasteiger partial charge in [-0.1, -0.05) is 90.9 Å². The van der Waals surface area contributed by atoms with E-state index in [0.29, 0.717) is 0 Å². The van der Waals surface area contributed by atoms with E-state index in [1.807, 2.05) is 0 Å². The lowest BCUT2D eigenvalue weighted by Crippen LogP contribution is -2.54. The van der Waals surface area contributed by atoms with Gasteiger partial charge in [0, 0.05) is 0 Å². The van der Waals surface area contributed by atoms with Crippen molar-refractivity contribution in [2.45, 2.75) is 168 Å². The third-order valence-electron chi connectivity index (χ3n) is 6.38. The van der Waals surface area contributed by atoms with Gasteiger partial charge in [-0.15, -0.1) is 0 Å². The summed E-state index contributed by atoms with van der Waals surface area (Å²) in [5, 5.41) is 0. The summed E-state index contributed by atoms with van der Waals surface area (Å²) >= 11 is 0. The van der Waals surface area contributed by atoms with E-state index < -0.39 is 52.3 Å². The van der Waals surface area contributed by atoms with Crippen molar-refractivity contribution in [1.29, 1.82) is 0 Å². The van der Waals surface area contributed by atoms with Gasteiger partial charge in [-0.2, -0.15) is 0 Å². The Labute approximate surface area is 240 Å². The van der Waals surface area contributed by atoms with Gasteiger partial charge in [0.05, 0.1) is 0 Å². The van der Waals surface area contributed by atoms with Crippen molar-refractivity contribution in [2.75, 3.05) is 0 Å². The molecule has 0 aliphatic carbocycles. The molecule has 2 radical (unpaired) electrons. The molecule has 37 heavy (non-hydrogen) atoms. The van der Waals surface area contributed by atoms with Crippen LogP contribution in [0.5, 0.6) is 0 Å². The topological polar surface area (TPSA) is 46.2 Å². The zero-order valence-electron chi connectivity index (χ0n) is 26.9. The Morgan fingerprint density at radius 1 is 0.432 bits per heavy atom. The zero-order valence-corrected chi connectivity index (χ0v) is 32.9. The number of hydrogen-bond acceptors (Lipinski definition) is 5. The first-order chi connectivity index (χ1) is 17.0. The maximum atomic E-state index is 6.62. The maximum Gasteiger partial charge on any atom is 0.360 e. The Morgan fingerprint density at radius 3 is 1.05 bits per heavy atom. The van der Waals surface area contributed by atoms with E-state index in [1.54, 1.807) is 0 Å². The number of unbranched alkanes of at least 4 members (excludes halogenated alkanes) is 10. The van der Waals surface area contributed by atoms with E-state index in [9.17, 15) is 0 Å². The van der Waals surface area contributed by atoms with Crippen LogP contribution in [-0.4, -0.2) is 52.3 Å². The highest BCUT2D eigenvalue weighted by atomic mass is 28.5. The van der Waals surface area contributed by atoms with Crippen molar-refractivity contribution in [1.82, 2.24) is 0 Å². The highest BCUT2D eigenvalue weighted by Gasteiger charge is 2.41. The lowest BCUT2D eigenvalue weighted by Gasteiger charge is -2.37. The van der Waals surface area contributed by atoms with E-state index in [4.69, 9.17) is 20.6 Å². The van der Waals surface area contributed by atoms with E-state index in [1.165, 1.54) is 89.1 Å². The summed E-state index contributed by atoms with van der Waals surface area (Å²) in [6.45, 7) is 26.8. The largest absolute Gasteiger partial charge is 0.436 e. The zero-order chi connectivity index (χ0) is 28.6. The maximum absolute atomic E-state index is 6.62. The fourth-order valence-electron chi connectivity index (χ4n) is 4.91. The molecule has 0 saturated heterocycles. The molecule has 11 heteroatoms. The van der Waals surface area contributed by atoms with E-state index in [-0.39, 0.29) is 0 Å². The molecule has 5 nitrogen and oxygen atoms in total. The second-order valence-electron chi connectivity index (χ2n) is 12.8. The Morgan fingerprint density at radius 2 is 0.730 bits per heavy atom. The smallest absolute Gasteiger partial charge is 0.360 e. The summed E-state index contributed by atoms with van der Waals surface area (Å²) in [6.07, 6.45) is 16.0. The van der Waals surface area contributed by atoms with E-state index in [0.717, 1.165) is 0 Å². The molecule has 0 aliphatic heterocycles. The summed E-state index contributed by atoms with van der Waals surface area (Å²) in [7, 11) is -10.9. The molecule has 0 aromatic carbocycles. The van der Waals surface area contributed by atoms with Gasteiger partial charge in [0.2, 0.25) is 0 Å². The second kappa shape index (κ2) is 19.3. The van der Waals surface area contributed by atoms with Crippen LogP contribution in [0, 0.1) is 0 Å². The Kier molecular flexibility index (Phi) is 19.8. The van der Waals surface area contributed by atoms with Crippen molar-refractivity contribution >= 4 is 52.3 Å². The van der Waals surface area contributed by atoms with Gasteiger partial charge in [-0.3, -0.25) is 0 Å². The molecule has 0 N–H and O–H groups in total. The van der Waals surface area contributed by atoms with Crippen molar-refractivity contribution in [3.63, 3.8) is 0 Å². The molecule has 0 aliphatic rings. The quantitative estimate of drug-likeness (QED) is 0.0790. The van der Waals surface area contributed by atoms with Crippen LogP contribution in [-0.2, 0) is 20.6 Å². The summed E-state index contributed by atoms with van der Waals surface area (Å²) in [6, 6.07) is 2.43. The Hall–Kier alpha value is 1.10. The molecule has 222 valence electrons. The predicted octanol–water partition coefficient (Wildman–Crippen LogP) is 9.84. The molecule has 0 amide bonds. The molecule has 0 atom stereocenters. The fourth-order valence-corrected chi connectivity index (χ4v) is 26.6. The summed E-state index contributed by atoms with van der Waals surface area (Å²) < 4.78 is 32.8. The summed E-state index contributed by atoms with van der Waals surface area (Å²) in [5.74, 6) is 0. The van der Waals surface area contributed by atoms with Crippen LogP contribution in [0.25, 0.3) is 0 Å². The van der Waals surface area contributed by atoms with Gasteiger partial charge >= 0.3 is 35.7 Å². The van der Waals surface area contributed by atoms with Gasteiger partial charge in [-0.25, -0.2) is 0 Å². The molecule has 0 rings (SSSR count). The lowest BCUT2D eigenvalue weighted by atomic mass is 10.1. The predicted molar refractivity (Wildman–Crippen MR) is 175 cm³/mol. The highest BCUT2D eigenvalue weighted by Crippen LogP contribution is 2.24. The molecule has 0 saturated carbocycles. The Balaban J connectivity index is 4.52. The molecule has 0 spiro atoms. The first-order valence-corrected chi connectivity index (χ1v) is 30.7. The fraction of sp³-hybridized carbons (Fsp3) is 1.00. The average molecular weight is 625 g/mol. The lowest BCUT2D eigenvalue weighted by molar-refractivity contribution is 0.298. The first-order valence-electron chi connectivity index (χ1n) is 15.2. The summed E-state index contributed by atoms with van der Waals surface area (Å²) in [5.41, 5.74) is 0. The van der Waals surface area contributed by atoms with Gasteiger partial charge in [-0.05, 0) is 77.6 Å².